The number of sulfonamides is 1. The number of azo groups is 1. The second-order valence-corrected chi connectivity index (χ2v) is 6.40. The molecular weight excluding hydrogens is 321 g/mol. The van der Waals surface area contributed by atoms with Crippen LogP contribution in [0.1, 0.15) is 5.69 Å². The van der Waals surface area contributed by atoms with Gasteiger partial charge in [0.25, 0.3) is 0 Å². The minimum absolute atomic E-state index is 0.00972. The van der Waals surface area contributed by atoms with Crippen molar-refractivity contribution in [1.82, 2.24) is 9.38 Å². The van der Waals surface area contributed by atoms with Crippen molar-refractivity contribution in [1.29, 1.82) is 0 Å². The number of nitrogens with two attached hydrogens (primary N) is 1. The summed E-state index contributed by atoms with van der Waals surface area (Å²) < 4.78 is 37.2. The highest BCUT2D eigenvalue weighted by atomic mass is 32.2. The molecule has 0 amide bonds. The topological polar surface area (TPSA) is 102 Å². The number of hydrogen-bond donors (Lipinski definition) is 1. The van der Waals surface area contributed by atoms with Gasteiger partial charge in [0.2, 0.25) is 10.0 Å². The Labute approximate surface area is 131 Å². The van der Waals surface area contributed by atoms with Crippen LogP contribution in [0.15, 0.2) is 57.7 Å². The second-order valence-electron chi connectivity index (χ2n) is 4.84. The molecule has 2 heterocycles. The van der Waals surface area contributed by atoms with Crippen molar-refractivity contribution in [3.8, 4) is 0 Å². The minimum Gasteiger partial charge on any atom is -0.280 e. The molecule has 0 saturated heterocycles. The predicted octanol–water partition coefficient (Wildman–Crippen LogP) is 2.84. The molecule has 0 bridgehead atoms. The quantitative estimate of drug-likeness (QED) is 0.745. The Hall–Kier alpha value is -2.65. The molecule has 0 unspecified atom stereocenters. The van der Waals surface area contributed by atoms with E-state index in [9.17, 15) is 12.8 Å². The number of nitrogens with zero attached hydrogens (tertiary/aromatic N) is 4. The van der Waals surface area contributed by atoms with E-state index in [0.29, 0.717) is 22.8 Å². The van der Waals surface area contributed by atoms with Crippen LogP contribution >= 0.6 is 0 Å². The summed E-state index contributed by atoms with van der Waals surface area (Å²) in [6.45, 7) is 1.74. The molecule has 0 radical (unpaired) electrons. The fourth-order valence-corrected chi connectivity index (χ4v) is 2.57. The molecule has 0 aliphatic carbocycles. The van der Waals surface area contributed by atoms with Crippen LogP contribution in [0.25, 0.3) is 5.65 Å². The standard InChI is InChI=1S/C14H12FN5O2S/c1-9-14(20-8-10(15)2-7-13(20)17-9)19-18-11-3-5-12(6-4-11)23(16,21)22/h2-8H,1H3,(H2,16,21,22). The van der Waals surface area contributed by atoms with E-state index < -0.39 is 15.8 Å². The molecule has 0 fully saturated rings. The number of hydrogen-bond acceptors (Lipinski definition) is 5. The molecule has 0 aliphatic rings. The van der Waals surface area contributed by atoms with Crippen LogP contribution < -0.4 is 5.14 Å². The van der Waals surface area contributed by atoms with Crippen molar-refractivity contribution in [2.75, 3.05) is 0 Å². The van der Waals surface area contributed by atoms with Crippen LogP contribution in [-0.4, -0.2) is 17.8 Å². The third kappa shape index (κ3) is 3.10. The third-order valence-corrected chi connectivity index (χ3v) is 4.08. The lowest BCUT2D eigenvalue weighted by atomic mass is 10.3. The molecule has 0 saturated carbocycles. The van der Waals surface area contributed by atoms with E-state index in [0.717, 1.165) is 0 Å². The zero-order valence-electron chi connectivity index (χ0n) is 12.0. The summed E-state index contributed by atoms with van der Waals surface area (Å²) in [5.74, 6) is -0.0149. The van der Waals surface area contributed by atoms with E-state index >= 15 is 0 Å². The highest BCUT2D eigenvalue weighted by Gasteiger charge is 2.09. The average Bonchev–Trinajstić information content (AvgIpc) is 2.79. The number of halogens is 1. The first-order chi connectivity index (χ1) is 10.8. The fraction of sp³-hybridized carbons (Fsp3) is 0.0714. The Morgan fingerprint density at radius 2 is 1.83 bits per heavy atom. The number of primary sulfonamides is 1. The zero-order valence-corrected chi connectivity index (χ0v) is 12.8. The zero-order chi connectivity index (χ0) is 16.6. The van der Waals surface area contributed by atoms with Crippen molar-refractivity contribution in [2.24, 2.45) is 15.4 Å². The van der Waals surface area contributed by atoms with Crippen molar-refractivity contribution < 1.29 is 12.8 Å². The lowest BCUT2D eigenvalue weighted by molar-refractivity contribution is 0.598. The van der Waals surface area contributed by atoms with Crippen LogP contribution in [0.2, 0.25) is 0 Å². The third-order valence-electron chi connectivity index (χ3n) is 3.15. The van der Waals surface area contributed by atoms with Gasteiger partial charge in [-0.25, -0.2) is 22.9 Å². The Kier molecular flexibility index (Phi) is 3.66. The molecule has 23 heavy (non-hydrogen) atoms. The van der Waals surface area contributed by atoms with Gasteiger partial charge in [0, 0.05) is 6.20 Å². The minimum atomic E-state index is -3.75. The van der Waals surface area contributed by atoms with Gasteiger partial charge in [-0.15, -0.1) is 10.2 Å². The van der Waals surface area contributed by atoms with Crippen LogP contribution in [0.4, 0.5) is 15.9 Å². The van der Waals surface area contributed by atoms with Crippen LogP contribution in [0, 0.1) is 12.7 Å². The van der Waals surface area contributed by atoms with Gasteiger partial charge in [-0.2, -0.15) is 0 Å². The number of pyridine rings is 1. The fourth-order valence-electron chi connectivity index (χ4n) is 2.05. The SMILES string of the molecule is Cc1nc2ccc(F)cn2c1N=Nc1ccc(S(N)(=O)=O)cc1. The number of fused-ring (bicyclic) bond motifs is 1. The number of benzene rings is 1. The van der Waals surface area contributed by atoms with E-state index in [4.69, 9.17) is 5.14 Å². The first-order valence-corrected chi connectivity index (χ1v) is 8.08. The molecule has 0 aliphatic heterocycles. The Morgan fingerprint density at radius 3 is 2.48 bits per heavy atom. The van der Waals surface area contributed by atoms with Gasteiger partial charge in [-0.05, 0) is 43.3 Å². The first-order valence-electron chi connectivity index (χ1n) is 6.53. The molecule has 7 nitrogen and oxygen atoms in total. The van der Waals surface area contributed by atoms with Gasteiger partial charge in [-0.3, -0.25) is 4.40 Å². The van der Waals surface area contributed by atoms with Crippen LogP contribution in [-0.2, 0) is 10.0 Å². The monoisotopic (exact) mass is 333 g/mol. The van der Waals surface area contributed by atoms with Crippen LogP contribution in [0.3, 0.4) is 0 Å². The molecule has 3 aromatic rings. The van der Waals surface area contributed by atoms with Crippen molar-refractivity contribution in [3.63, 3.8) is 0 Å². The summed E-state index contributed by atoms with van der Waals surface area (Å²) in [7, 11) is -3.75. The molecule has 1 aromatic carbocycles. The molecule has 2 N–H and O–H groups in total. The summed E-state index contributed by atoms with van der Waals surface area (Å²) in [4.78, 5) is 4.25. The summed E-state index contributed by atoms with van der Waals surface area (Å²) in [6.07, 6.45) is 1.27. The average molecular weight is 333 g/mol. The molecule has 118 valence electrons. The summed E-state index contributed by atoms with van der Waals surface area (Å²) in [5, 5.41) is 13.1. The number of aromatic nitrogens is 2. The highest BCUT2D eigenvalue weighted by molar-refractivity contribution is 7.89. The number of rotatable bonds is 3. The van der Waals surface area contributed by atoms with Crippen molar-refractivity contribution in [2.45, 2.75) is 11.8 Å². The number of aryl methyl sites for hydroxylation is 1. The van der Waals surface area contributed by atoms with Gasteiger partial charge in [0.05, 0.1) is 16.3 Å². The number of imidazole rings is 1. The normalized spacial score (nSPS) is 12.3. The maximum Gasteiger partial charge on any atom is 0.238 e. The molecule has 9 heteroatoms. The van der Waals surface area contributed by atoms with Gasteiger partial charge in [0.15, 0.2) is 5.82 Å². The Bertz CT molecular complexity index is 1010. The molecular formula is C14H12FN5O2S. The van der Waals surface area contributed by atoms with E-state index in [1.54, 1.807) is 13.0 Å². The van der Waals surface area contributed by atoms with Gasteiger partial charge in [0.1, 0.15) is 11.5 Å². The molecule has 0 spiro atoms. The van der Waals surface area contributed by atoms with E-state index in [1.807, 2.05) is 0 Å². The molecule has 2 aromatic heterocycles. The maximum absolute atomic E-state index is 13.4. The molecule has 0 atom stereocenters. The van der Waals surface area contributed by atoms with E-state index in [1.165, 1.54) is 40.9 Å². The predicted molar refractivity (Wildman–Crippen MR) is 81.9 cm³/mol. The first kappa shape index (κ1) is 15.3. The van der Waals surface area contributed by atoms with Crippen molar-refractivity contribution >= 4 is 27.2 Å². The van der Waals surface area contributed by atoms with Gasteiger partial charge < -0.3 is 0 Å². The van der Waals surface area contributed by atoms with Gasteiger partial charge in [-0.1, -0.05) is 0 Å². The highest BCUT2D eigenvalue weighted by Crippen LogP contribution is 2.24. The summed E-state index contributed by atoms with van der Waals surface area (Å²) in [6, 6.07) is 8.48. The second kappa shape index (κ2) is 5.52. The van der Waals surface area contributed by atoms with E-state index in [-0.39, 0.29) is 4.90 Å². The Morgan fingerprint density at radius 1 is 1.13 bits per heavy atom. The van der Waals surface area contributed by atoms with Crippen molar-refractivity contribution in [3.05, 3.63) is 54.1 Å². The summed E-state index contributed by atoms with van der Waals surface area (Å²) in [5.41, 5.74) is 1.59. The van der Waals surface area contributed by atoms with Gasteiger partial charge >= 0.3 is 0 Å². The largest absolute Gasteiger partial charge is 0.280 e. The lowest BCUT2D eigenvalue weighted by Crippen LogP contribution is -2.11. The molecule has 3 rings (SSSR count). The van der Waals surface area contributed by atoms with E-state index in [2.05, 4.69) is 15.2 Å². The lowest BCUT2D eigenvalue weighted by Gasteiger charge is -1.98. The maximum atomic E-state index is 13.4. The van der Waals surface area contributed by atoms with Crippen LogP contribution in [0.5, 0.6) is 0 Å². The Balaban J connectivity index is 1.97. The smallest absolute Gasteiger partial charge is 0.238 e. The summed E-state index contributed by atoms with van der Waals surface area (Å²) >= 11 is 0.